The normalized spacial score (nSPS) is 16.8. The molecule has 0 spiro atoms. The number of halogens is 1. The highest BCUT2D eigenvalue weighted by molar-refractivity contribution is 8.00. The van der Waals surface area contributed by atoms with E-state index in [0.717, 1.165) is 24.3 Å². The summed E-state index contributed by atoms with van der Waals surface area (Å²) in [4.78, 5) is 1.38. The molecule has 0 saturated carbocycles. The lowest BCUT2D eigenvalue weighted by molar-refractivity contribution is 0.317. The topological polar surface area (TPSA) is 21.3 Å². The lowest BCUT2D eigenvalue weighted by atomic mass is 10.1. The molecule has 2 aromatic rings. The molecule has 3 rings (SSSR count). The van der Waals surface area contributed by atoms with E-state index in [1.165, 1.54) is 10.5 Å². The van der Waals surface area contributed by atoms with Crippen molar-refractivity contribution in [1.29, 1.82) is 0 Å². The first kappa shape index (κ1) is 14.8. The van der Waals surface area contributed by atoms with E-state index >= 15 is 0 Å². The predicted octanol–water partition coefficient (Wildman–Crippen LogP) is 4.16. The molecule has 2 aromatic carbocycles. The largest absolute Gasteiger partial charge is 0.491 e. The molecule has 110 valence electrons. The van der Waals surface area contributed by atoms with Crippen molar-refractivity contribution < 1.29 is 4.74 Å². The highest BCUT2D eigenvalue weighted by Gasteiger charge is 2.22. The number of thioether (sulfide) groups is 1. The molecule has 0 amide bonds. The third-order valence-electron chi connectivity index (χ3n) is 3.52. The van der Waals surface area contributed by atoms with Crippen LogP contribution in [0.1, 0.15) is 11.1 Å². The summed E-state index contributed by atoms with van der Waals surface area (Å²) in [5.74, 6) is 0.771. The zero-order valence-electron chi connectivity index (χ0n) is 11.9. The lowest BCUT2D eigenvalue weighted by Crippen LogP contribution is -2.13. The molecular formula is C17H18ClNOS. The van der Waals surface area contributed by atoms with E-state index in [2.05, 4.69) is 29.6 Å². The molecule has 21 heavy (non-hydrogen) atoms. The van der Waals surface area contributed by atoms with Crippen molar-refractivity contribution in [3.8, 4) is 5.75 Å². The Morgan fingerprint density at radius 3 is 2.90 bits per heavy atom. The van der Waals surface area contributed by atoms with Gasteiger partial charge in [-0.1, -0.05) is 35.9 Å². The van der Waals surface area contributed by atoms with Gasteiger partial charge in [0.15, 0.2) is 0 Å². The van der Waals surface area contributed by atoms with Crippen LogP contribution < -0.4 is 10.1 Å². The third-order valence-corrected chi connectivity index (χ3v) is 5.10. The van der Waals surface area contributed by atoms with E-state index in [-0.39, 0.29) is 0 Å². The average Bonchev–Trinajstić information content (AvgIpc) is 2.89. The van der Waals surface area contributed by atoms with Gasteiger partial charge < -0.3 is 10.1 Å². The summed E-state index contributed by atoms with van der Waals surface area (Å²) < 4.78 is 5.91. The maximum absolute atomic E-state index is 6.28. The predicted molar refractivity (Wildman–Crippen MR) is 89.5 cm³/mol. The second kappa shape index (κ2) is 6.73. The highest BCUT2D eigenvalue weighted by Crippen LogP contribution is 2.37. The van der Waals surface area contributed by atoms with Crippen molar-refractivity contribution in [3.05, 3.63) is 58.6 Å². The summed E-state index contributed by atoms with van der Waals surface area (Å²) in [6.45, 7) is 1.50. The first-order valence-electron chi connectivity index (χ1n) is 7.06. The van der Waals surface area contributed by atoms with Gasteiger partial charge in [-0.25, -0.2) is 0 Å². The van der Waals surface area contributed by atoms with E-state index in [1.807, 2.05) is 37.0 Å². The number of hydrogen-bond acceptors (Lipinski definition) is 3. The number of hydrogen-bond donors (Lipinski definition) is 1. The fourth-order valence-corrected chi connectivity index (χ4v) is 3.98. The maximum Gasteiger partial charge on any atom is 0.137 e. The van der Waals surface area contributed by atoms with Gasteiger partial charge in [-0.05, 0) is 42.8 Å². The van der Waals surface area contributed by atoms with Crippen LogP contribution >= 0.6 is 23.4 Å². The summed E-state index contributed by atoms with van der Waals surface area (Å²) >= 11 is 8.17. The number of fused-ring (bicyclic) bond motifs is 1. The number of benzene rings is 2. The molecule has 0 aliphatic carbocycles. The first-order chi connectivity index (χ1) is 10.3. The minimum absolute atomic E-state index is 0.468. The van der Waals surface area contributed by atoms with E-state index in [1.54, 1.807) is 0 Å². The lowest BCUT2D eigenvalue weighted by Gasteiger charge is -2.13. The number of nitrogens with one attached hydrogen (secondary N) is 1. The Bertz CT molecular complexity index is 607. The molecule has 1 atom stereocenters. The minimum atomic E-state index is 0.468. The molecule has 2 nitrogen and oxygen atoms in total. The molecule has 1 aliphatic heterocycles. The molecule has 0 fully saturated rings. The smallest absolute Gasteiger partial charge is 0.137 e. The molecule has 0 bridgehead atoms. The molecule has 1 aliphatic rings. The van der Waals surface area contributed by atoms with Crippen molar-refractivity contribution in [1.82, 2.24) is 5.32 Å². The van der Waals surface area contributed by atoms with Gasteiger partial charge in [-0.3, -0.25) is 0 Å². The monoisotopic (exact) mass is 319 g/mol. The van der Waals surface area contributed by atoms with Crippen LogP contribution in [0.4, 0.5) is 0 Å². The Morgan fingerprint density at radius 1 is 1.29 bits per heavy atom. The van der Waals surface area contributed by atoms with E-state index in [0.29, 0.717) is 16.9 Å². The molecule has 1 heterocycles. The van der Waals surface area contributed by atoms with Crippen LogP contribution in [-0.4, -0.2) is 18.9 Å². The standard InChI is InChI=1S/C17H18ClNOS/c1-19-10-12-6-7-16(15(18)8-12)20-11-14-9-13-4-2-3-5-17(13)21-14/h2-8,14,19H,9-11H2,1H3. The second-order valence-corrected chi connectivity index (χ2v) is 6.91. The van der Waals surface area contributed by atoms with E-state index in [4.69, 9.17) is 16.3 Å². The van der Waals surface area contributed by atoms with Gasteiger partial charge in [0.1, 0.15) is 12.4 Å². The summed E-state index contributed by atoms with van der Waals surface area (Å²) in [5.41, 5.74) is 2.59. The molecule has 0 saturated heterocycles. The Labute approximate surface area is 134 Å². The average molecular weight is 320 g/mol. The van der Waals surface area contributed by atoms with Gasteiger partial charge in [-0.2, -0.15) is 0 Å². The molecule has 0 radical (unpaired) electrons. The summed E-state index contributed by atoms with van der Waals surface area (Å²) in [5, 5.41) is 4.27. The van der Waals surface area contributed by atoms with Crippen LogP contribution in [0.15, 0.2) is 47.4 Å². The van der Waals surface area contributed by atoms with Gasteiger partial charge in [0.25, 0.3) is 0 Å². The second-order valence-electron chi connectivity index (χ2n) is 5.16. The molecule has 0 aromatic heterocycles. The van der Waals surface area contributed by atoms with Gasteiger partial charge in [0.05, 0.1) is 5.02 Å². The van der Waals surface area contributed by atoms with Crippen molar-refractivity contribution >= 4 is 23.4 Å². The van der Waals surface area contributed by atoms with Gasteiger partial charge in [0.2, 0.25) is 0 Å². The first-order valence-corrected chi connectivity index (χ1v) is 8.32. The summed E-state index contributed by atoms with van der Waals surface area (Å²) in [6.07, 6.45) is 1.07. The maximum atomic E-state index is 6.28. The van der Waals surface area contributed by atoms with Crippen LogP contribution in [0.3, 0.4) is 0 Å². The van der Waals surface area contributed by atoms with Gasteiger partial charge in [-0.15, -0.1) is 11.8 Å². The zero-order valence-corrected chi connectivity index (χ0v) is 13.5. The number of rotatable bonds is 5. The van der Waals surface area contributed by atoms with Gasteiger partial charge in [0, 0.05) is 16.7 Å². The van der Waals surface area contributed by atoms with Crippen LogP contribution in [0, 0.1) is 0 Å². The number of ether oxygens (including phenoxy) is 1. The van der Waals surface area contributed by atoms with Crippen LogP contribution in [0.2, 0.25) is 5.02 Å². The molecule has 1 unspecified atom stereocenters. The fraction of sp³-hybridized carbons (Fsp3) is 0.294. The Hall–Kier alpha value is -1.16. The molecular weight excluding hydrogens is 302 g/mol. The fourth-order valence-electron chi connectivity index (χ4n) is 2.51. The minimum Gasteiger partial charge on any atom is -0.491 e. The van der Waals surface area contributed by atoms with Gasteiger partial charge >= 0.3 is 0 Å². The Kier molecular flexibility index (Phi) is 4.73. The Morgan fingerprint density at radius 2 is 2.14 bits per heavy atom. The van der Waals surface area contributed by atoms with Crippen LogP contribution in [0.25, 0.3) is 0 Å². The van der Waals surface area contributed by atoms with E-state index < -0.39 is 0 Å². The van der Waals surface area contributed by atoms with Crippen LogP contribution in [0.5, 0.6) is 5.75 Å². The van der Waals surface area contributed by atoms with Crippen molar-refractivity contribution in [2.45, 2.75) is 23.1 Å². The van der Waals surface area contributed by atoms with Crippen LogP contribution in [-0.2, 0) is 13.0 Å². The summed E-state index contributed by atoms with van der Waals surface area (Å²) in [7, 11) is 1.92. The van der Waals surface area contributed by atoms with Crippen molar-refractivity contribution in [2.75, 3.05) is 13.7 Å². The Balaban J connectivity index is 1.59. The third kappa shape index (κ3) is 3.54. The van der Waals surface area contributed by atoms with Crippen molar-refractivity contribution in [3.63, 3.8) is 0 Å². The summed E-state index contributed by atoms with van der Waals surface area (Å²) in [6, 6.07) is 14.5. The SMILES string of the molecule is CNCc1ccc(OCC2Cc3ccccc3S2)c(Cl)c1. The molecule has 4 heteroatoms. The molecule has 1 N–H and O–H groups in total. The highest BCUT2D eigenvalue weighted by atomic mass is 35.5. The van der Waals surface area contributed by atoms with E-state index in [9.17, 15) is 0 Å². The quantitative estimate of drug-likeness (QED) is 0.894. The zero-order chi connectivity index (χ0) is 14.7. The van der Waals surface area contributed by atoms with Crippen molar-refractivity contribution in [2.24, 2.45) is 0 Å².